The minimum Gasteiger partial charge on any atom is -0.508 e. The molecule has 16 N–H and O–H groups in total. The van der Waals surface area contributed by atoms with Crippen molar-refractivity contribution in [1.29, 1.82) is 0 Å². The van der Waals surface area contributed by atoms with E-state index in [0.29, 0.717) is 29.0 Å². The summed E-state index contributed by atoms with van der Waals surface area (Å²) in [6, 6.07) is 3.31. The number of carboxylic acid groups (broad SMARTS) is 1. The summed E-state index contributed by atoms with van der Waals surface area (Å²) in [5.41, 5.74) is 18.6. The molecule has 0 bridgehead atoms. The summed E-state index contributed by atoms with van der Waals surface area (Å²) >= 11 is 1.48. The number of imidazole rings is 1. The second-order valence-corrected chi connectivity index (χ2v) is 19.5. The average molecular weight is 1050 g/mol. The molecule has 25 heteroatoms. The van der Waals surface area contributed by atoms with Crippen LogP contribution in [0.4, 0.5) is 0 Å². The van der Waals surface area contributed by atoms with Crippen molar-refractivity contribution in [3.63, 3.8) is 0 Å². The van der Waals surface area contributed by atoms with E-state index in [-0.39, 0.29) is 37.4 Å². The van der Waals surface area contributed by atoms with Gasteiger partial charge in [-0.2, -0.15) is 11.8 Å². The van der Waals surface area contributed by atoms with Gasteiger partial charge in [0.25, 0.3) is 0 Å². The van der Waals surface area contributed by atoms with Crippen molar-refractivity contribution in [1.82, 2.24) is 47.2 Å². The van der Waals surface area contributed by atoms with E-state index in [1.54, 1.807) is 70.2 Å². The summed E-state index contributed by atoms with van der Waals surface area (Å²) in [6.45, 7) is 6.66. The number of hydrogen-bond acceptors (Lipinski definition) is 14. The van der Waals surface area contributed by atoms with Gasteiger partial charge in [-0.25, -0.2) is 9.78 Å². The molecule has 0 spiro atoms. The van der Waals surface area contributed by atoms with Crippen LogP contribution in [0.1, 0.15) is 76.6 Å². The van der Waals surface area contributed by atoms with Gasteiger partial charge >= 0.3 is 5.97 Å². The molecule has 0 saturated heterocycles. The fourth-order valence-corrected chi connectivity index (χ4v) is 7.90. The van der Waals surface area contributed by atoms with Gasteiger partial charge in [-0.3, -0.25) is 43.2 Å². The maximum Gasteiger partial charge on any atom is 0.326 e. The number of benzene rings is 2. The molecule has 24 nitrogen and oxygen atoms in total. The molecule has 0 aliphatic carbocycles. The summed E-state index contributed by atoms with van der Waals surface area (Å²) < 4.78 is 0. The number of primary amides is 2. The number of carboxylic acids is 1. The number of aliphatic carboxylic acids is 1. The number of aromatic amines is 1. The van der Waals surface area contributed by atoms with E-state index in [4.69, 9.17) is 17.2 Å². The molecule has 0 aliphatic rings. The van der Waals surface area contributed by atoms with Gasteiger partial charge in [0, 0.05) is 37.6 Å². The van der Waals surface area contributed by atoms with Crippen LogP contribution in [-0.4, -0.2) is 140 Å². The molecule has 74 heavy (non-hydrogen) atoms. The molecular formula is C49H70N12O12S. The number of thioether (sulfide) groups is 1. The lowest BCUT2D eigenvalue weighted by atomic mass is 9.99. The highest BCUT2D eigenvalue weighted by atomic mass is 32.2. The smallest absolute Gasteiger partial charge is 0.326 e. The highest BCUT2D eigenvalue weighted by Gasteiger charge is 2.36. The van der Waals surface area contributed by atoms with Crippen molar-refractivity contribution in [3.8, 4) is 5.75 Å². The molecule has 0 radical (unpaired) electrons. The fraction of sp³-hybridized carbons (Fsp3) is 0.490. The van der Waals surface area contributed by atoms with Crippen LogP contribution in [-0.2, 0) is 67.2 Å². The Hall–Kier alpha value is -7.54. The van der Waals surface area contributed by atoms with Gasteiger partial charge in [-0.1, -0.05) is 70.2 Å². The first-order valence-corrected chi connectivity index (χ1v) is 25.3. The molecule has 1 heterocycles. The first-order chi connectivity index (χ1) is 35.0. The number of carbonyl (C=O) groups excluding carboxylic acids is 9. The molecule has 8 atom stereocenters. The largest absolute Gasteiger partial charge is 0.508 e. The Labute approximate surface area is 433 Å². The molecule has 404 valence electrons. The van der Waals surface area contributed by atoms with Crippen LogP contribution in [0.5, 0.6) is 5.75 Å². The first kappa shape index (κ1) is 60.8. The van der Waals surface area contributed by atoms with E-state index < -0.39 is 133 Å². The molecule has 1 aromatic heterocycles. The van der Waals surface area contributed by atoms with Gasteiger partial charge in [0.05, 0.1) is 18.8 Å². The molecular weight excluding hydrogens is 981 g/mol. The van der Waals surface area contributed by atoms with Gasteiger partial charge in [-0.05, 0) is 66.4 Å². The van der Waals surface area contributed by atoms with Gasteiger partial charge in [0.15, 0.2) is 0 Å². The van der Waals surface area contributed by atoms with E-state index in [1.165, 1.54) is 36.4 Å². The SMILES string of the molecule is CSCCC(N)C(=O)NC(Cc1ccc(O)cc1)C(=O)NC(Cc1ccccc1)C(=O)NC(C(=O)NC(CC(N)=O)C(=O)NC(CCC(N)=O)C(=O)NC(Cc1cnc[nH]1)C(=O)NC(CC(C)C)C(=O)O)C(C)C. The van der Waals surface area contributed by atoms with Crippen LogP contribution < -0.4 is 54.4 Å². The van der Waals surface area contributed by atoms with Crippen molar-refractivity contribution < 1.29 is 58.2 Å². The molecule has 8 unspecified atom stereocenters. The number of amides is 9. The molecule has 0 saturated carbocycles. The van der Waals surface area contributed by atoms with Crippen molar-refractivity contribution in [2.45, 2.75) is 127 Å². The molecule has 9 amide bonds. The maximum atomic E-state index is 14.3. The van der Waals surface area contributed by atoms with Crippen molar-refractivity contribution in [2.75, 3.05) is 12.0 Å². The molecule has 3 aromatic rings. The molecule has 3 rings (SSSR count). The first-order valence-electron chi connectivity index (χ1n) is 23.9. The van der Waals surface area contributed by atoms with Crippen LogP contribution in [0.25, 0.3) is 0 Å². The average Bonchev–Trinajstić information content (AvgIpc) is 3.86. The molecule has 0 aliphatic heterocycles. The Balaban J connectivity index is 1.91. The number of nitrogens with one attached hydrogen (secondary N) is 8. The fourth-order valence-electron chi connectivity index (χ4n) is 7.41. The summed E-state index contributed by atoms with van der Waals surface area (Å²) in [6.07, 6.45) is 2.82. The number of rotatable bonds is 32. The van der Waals surface area contributed by atoms with E-state index in [1.807, 2.05) is 6.26 Å². The third-order valence-corrected chi connectivity index (χ3v) is 12.1. The topological polar surface area (TPSA) is 402 Å². The van der Waals surface area contributed by atoms with Gasteiger partial charge in [0.2, 0.25) is 53.2 Å². The summed E-state index contributed by atoms with van der Waals surface area (Å²) in [5, 5.41) is 37.4. The van der Waals surface area contributed by atoms with Crippen LogP contribution in [0, 0.1) is 11.8 Å². The van der Waals surface area contributed by atoms with Crippen molar-refractivity contribution in [3.05, 3.63) is 83.9 Å². The third kappa shape index (κ3) is 21.3. The minimum absolute atomic E-state index is 0.0274. The Morgan fingerprint density at radius 2 is 1.11 bits per heavy atom. The number of carbonyl (C=O) groups is 10. The Morgan fingerprint density at radius 3 is 1.62 bits per heavy atom. The number of nitrogens with two attached hydrogens (primary N) is 3. The maximum absolute atomic E-state index is 14.3. The van der Waals surface area contributed by atoms with Gasteiger partial charge in [-0.15, -0.1) is 0 Å². The van der Waals surface area contributed by atoms with E-state index in [0.717, 1.165) is 0 Å². The van der Waals surface area contributed by atoms with Gasteiger partial charge < -0.3 is 69.6 Å². The number of H-pyrrole nitrogens is 1. The van der Waals surface area contributed by atoms with Crippen LogP contribution in [0.3, 0.4) is 0 Å². The summed E-state index contributed by atoms with van der Waals surface area (Å²) in [7, 11) is 0. The summed E-state index contributed by atoms with van der Waals surface area (Å²) in [4.78, 5) is 141. The normalized spacial score (nSPS) is 14.4. The Morgan fingerprint density at radius 1 is 0.608 bits per heavy atom. The number of phenolic OH excluding ortho intramolecular Hbond substituents is 1. The monoisotopic (exact) mass is 1050 g/mol. The summed E-state index contributed by atoms with van der Waals surface area (Å²) in [5.74, 6) is -9.84. The second kappa shape index (κ2) is 30.5. The lowest BCUT2D eigenvalue weighted by Gasteiger charge is -2.29. The van der Waals surface area contributed by atoms with Crippen LogP contribution in [0.2, 0.25) is 0 Å². The van der Waals surface area contributed by atoms with E-state index in [9.17, 15) is 58.2 Å². The second-order valence-electron chi connectivity index (χ2n) is 18.5. The highest BCUT2D eigenvalue weighted by Crippen LogP contribution is 2.14. The van der Waals surface area contributed by atoms with Crippen LogP contribution >= 0.6 is 11.8 Å². The third-order valence-electron chi connectivity index (χ3n) is 11.4. The van der Waals surface area contributed by atoms with Crippen LogP contribution in [0.15, 0.2) is 67.1 Å². The van der Waals surface area contributed by atoms with E-state index >= 15 is 0 Å². The molecule has 0 fully saturated rings. The van der Waals surface area contributed by atoms with Gasteiger partial charge in [0.1, 0.15) is 48.0 Å². The lowest BCUT2D eigenvalue weighted by molar-refractivity contribution is -0.142. The number of aromatic hydroxyl groups is 1. The van der Waals surface area contributed by atoms with Crippen molar-refractivity contribution in [2.24, 2.45) is 29.0 Å². The Bertz CT molecular complexity index is 2370. The highest BCUT2D eigenvalue weighted by molar-refractivity contribution is 7.98. The number of aromatic nitrogens is 2. The zero-order chi connectivity index (χ0) is 55.1. The predicted molar refractivity (Wildman–Crippen MR) is 273 cm³/mol. The zero-order valence-corrected chi connectivity index (χ0v) is 42.9. The standard InChI is InChI=1S/C49H70N12O12S/c1-26(2)19-38(49(72)73)60-45(68)36(22-30-24-53-25-54-30)58-43(66)33(15-16-39(51)63)55-46(69)37(23-40(52)64)59-48(71)41(27(3)4)61-47(70)35(20-28-9-7-6-8-10-28)57-44(67)34(21-29-11-13-31(62)14-12-29)56-42(65)32(50)17-18-74-5/h6-14,24-27,32-38,41,62H,15-23,50H2,1-5H3,(H2,51,63)(H2,52,64)(H,53,54)(H,55,69)(H,56,65)(H,57,67)(H,58,66)(H,59,71)(H,60,68)(H,61,70)(H,72,73). The minimum atomic E-state index is -1.79. The predicted octanol–water partition coefficient (Wildman–Crippen LogP) is -1.46. The lowest BCUT2D eigenvalue weighted by Crippen LogP contribution is -2.61. The number of phenols is 1. The number of hydrogen-bond donors (Lipinski definition) is 13. The Kier molecular flexibility index (Phi) is 25.0. The zero-order valence-electron chi connectivity index (χ0n) is 42.1. The molecule has 2 aromatic carbocycles. The van der Waals surface area contributed by atoms with E-state index in [2.05, 4.69) is 47.2 Å². The quantitative estimate of drug-likeness (QED) is 0.0340. The van der Waals surface area contributed by atoms with Crippen molar-refractivity contribution >= 4 is 70.9 Å². The number of nitrogens with zero attached hydrogens (tertiary/aromatic N) is 1.